The average Bonchev–Trinajstić information content (AvgIpc) is 2.60. The third-order valence-electron chi connectivity index (χ3n) is 2.65. The number of aliphatic hydroxyl groups is 1. The van der Waals surface area contributed by atoms with Gasteiger partial charge in [0.2, 0.25) is 0 Å². The Balaban J connectivity index is 2.39. The van der Waals surface area contributed by atoms with Crippen LogP contribution in [0.25, 0.3) is 0 Å². The molecule has 0 aliphatic carbocycles. The molecule has 1 N–H and O–H groups in total. The van der Waals surface area contributed by atoms with Crippen LogP contribution in [0.5, 0.6) is 0 Å². The van der Waals surface area contributed by atoms with E-state index in [-0.39, 0.29) is 6.61 Å². The van der Waals surface area contributed by atoms with Crippen LogP contribution >= 0.6 is 0 Å². The first-order valence-corrected chi connectivity index (χ1v) is 5.30. The first-order chi connectivity index (χ1) is 6.63. The van der Waals surface area contributed by atoms with Gasteiger partial charge in [-0.05, 0) is 37.8 Å². The number of furan rings is 1. The van der Waals surface area contributed by atoms with Crippen molar-refractivity contribution >= 4 is 0 Å². The molecule has 0 saturated heterocycles. The molecule has 2 nitrogen and oxygen atoms in total. The zero-order valence-corrected chi connectivity index (χ0v) is 9.29. The lowest BCUT2D eigenvalue weighted by atomic mass is 9.97. The summed E-state index contributed by atoms with van der Waals surface area (Å²) in [6.45, 7) is 6.49. The molecule has 0 spiro atoms. The molecule has 1 heterocycles. The van der Waals surface area contributed by atoms with Crippen molar-refractivity contribution in [2.75, 3.05) is 6.61 Å². The maximum atomic E-state index is 8.90. The Kier molecular flexibility index (Phi) is 4.21. The summed E-state index contributed by atoms with van der Waals surface area (Å²) in [5.41, 5.74) is 0. The zero-order valence-electron chi connectivity index (χ0n) is 9.29. The summed E-state index contributed by atoms with van der Waals surface area (Å²) in [4.78, 5) is 0. The Hall–Kier alpha value is -0.760. The predicted octanol–water partition coefficient (Wildman–Crippen LogP) is 3.10. The summed E-state index contributed by atoms with van der Waals surface area (Å²) in [6, 6.07) is 4.05. The van der Waals surface area contributed by atoms with E-state index >= 15 is 0 Å². The second kappa shape index (κ2) is 5.20. The highest BCUT2D eigenvalue weighted by Gasteiger charge is 2.10. The van der Waals surface area contributed by atoms with E-state index in [0.717, 1.165) is 24.4 Å². The van der Waals surface area contributed by atoms with Crippen LogP contribution < -0.4 is 0 Å². The third-order valence-corrected chi connectivity index (χ3v) is 2.65. The molecule has 0 aliphatic heterocycles. The number of rotatable bonds is 5. The normalized spacial score (nSPS) is 15.4. The van der Waals surface area contributed by atoms with Gasteiger partial charge in [0.15, 0.2) is 0 Å². The molecule has 0 radical (unpaired) electrons. The number of hydrogen-bond acceptors (Lipinski definition) is 2. The van der Waals surface area contributed by atoms with E-state index in [1.807, 2.05) is 19.1 Å². The van der Waals surface area contributed by atoms with E-state index in [2.05, 4.69) is 13.8 Å². The van der Waals surface area contributed by atoms with Crippen molar-refractivity contribution in [3.05, 3.63) is 23.7 Å². The molecule has 0 bridgehead atoms. The summed E-state index contributed by atoms with van der Waals surface area (Å²) < 4.78 is 5.55. The van der Waals surface area contributed by atoms with Gasteiger partial charge in [0, 0.05) is 12.5 Å². The summed E-state index contributed by atoms with van der Waals surface area (Å²) in [7, 11) is 0. The molecule has 1 rings (SSSR count). The van der Waals surface area contributed by atoms with Gasteiger partial charge in [0.05, 0.1) is 0 Å². The van der Waals surface area contributed by atoms with Crippen molar-refractivity contribution in [1.29, 1.82) is 0 Å². The van der Waals surface area contributed by atoms with Gasteiger partial charge in [-0.3, -0.25) is 0 Å². The largest absolute Gasteiger partial charge is 0.466 e. The van der Waals surface area contributed by atoms with E-state index < -0.39 is 0 Å². The van der Waals surface area contributed by atoms with Crippen molar-refractivity contribution in [1.82, 2.24) is 0 Å². The fourth-order valence-corrected chi connectivity index (χ4v) is 1.49. The molecule has 1 aromatic heterocycles. The SMILES string of the molecule is Cc1ccc(C(C)CCC(C)CO)o1. The minimum Gasteiger partial charge on any atom is -0.466 e. The molecule has 0 fully saturated rings. The maximum absolute atomic E-state index is 8.90. The molecule has 0 aliphatic rings. The molecular weight excluding hydrogens is 176 g/mol. The first-order valence-electron chi connectivity index (χ1n) is 5.30. The fraction of sp³-hybridized carbons (Fsp3) is 0.667. The number of aliphatic hydroxyl groups excluding tert-OH is 1. The van der Waals surface area contributed by atoms with Crippen molar-refractivity contribution in [2.45, 2.75) is 39.5 Å². The Morgan fingerprint density at radius 2 is 2.00 bits per heavy atom. The Morgan fingerprint density at radius 1 is 1.29 bits per heavy atom. The third kappa shape index (κ3) is 3.18. The van der Waals surface area contributed by atoms with Gasteiger partial charge >= 0.3 is 0 Å². The van der Waals surface area contributed by atoms with Crippen LogP contribution in [0.1, 0.15) is 44.1 Å². The molecule has 2 unspecified atom stereocenters. The molecule has 14 heavy (non-hydrogen) atoms. The Bertz CT molecular complexity index is 265. The predicted molar refractivity (Wildman–Crippen MR) is 57.3 cm³/mol. The summed E-state index contributed by atoms with van der Waals surface area (Å²) in [6.07, 6.45) is 2.13. The van der Waals surface area contributed by atoms with E-state index in [1.165, 1.54) is 0 Å². The quantitative estimate of drug-likeness (QED) is 0.785. The fourth-order valence-electron chi connectivity index (χ4n) is 1.49. The van der Waals surface area contributed by atoms with Crippen LogP contribution in [-0.4, -0.2) is 11.7 Å². The minimum absolute atomic E-state index is 0.282. The summed E-state index contributed by atoms with van der Waals surface area (Å²) in [5, 5.41) is 8.90. The summed E-state index contributed by atoms with van der Waals surface area (Å²) >= 11 is 0. The highest BCUT2D eigenvalue weighted by atomic mass is 16.3. The van der Waals surface area contributed by atoms with Crippen molar-refractivity contribution in [3.8, 4) is 0 Å². The second-order valence-corrected chi connectivity index (χ2v) is 4.21. The molecule has 80 valence electrons. The van der Waals surface area contributed by atoms with Crippen molar-refractivity contribution in [3.63, 3.8) is 0 Å². The standard InChI is InChI=1S/C12H20O2/c1-9(8-13)4-5-10(2)12-7-6-11(3)14-12/h6-7,9-10,13H,4-5,8H2,1-3H3. The topological polar surface area (TPSA) is 33.4 Å². The molecule has 0 aromatic carbocycles. The molecule has 2 heteroatoms. The molecule has 1 aromatic rings. The van der Waals surface area contributed by atoms with Gasteiger partial charge < -0.3 is 9.52 Å². The lowest BCUT2D eigenvalue weighted by molar-refractivity contribution is 0.225. The number of hydrogen-bond donors (Lipinski definition) is 1. The monoisotopic (exact) mass is 196 g/mol. The zero-order chi connectivity index (χ0) is 10.6. The average molecular weight is 196 g/mol. The van der Waals surface area contributed by atoms with Crippen LogP contribution in [0.3, 0.4) is 0 Å². The highest BCUT2D eigenvalue weighted by molar-refractivity contribution is 5.09. The molecule has 2 atom stereocenters. The van der Waals surface area contributed by atoms with Gasteiger partial charge in [0.25, 0.3) is 0 Å². The van der Waals surface area contributed by atoms with Crippen molar-refractivity contribution < 1.29 is 9.52 Å². The summed E-state index contributed by atoms with van der Waals surface area (Å²) in [5.74, 6) is 2.89. The van der Waals surface area contributed by atoms with Crippen LogP contribution in [0, 0.1) is 12.8 Å². The molecule has 0 saturated carbocycles. The van der Waals surface area contributed by atoms with Gasteiger partial charge in [-0.15, -0.1) is 0 Å². The smallest absolute Gasteiger partial charge is 0.106 e. The Morgan fingerprint density at radius 3 is 2.50 bits per heavy atom. The van der Waals surface area contributed by atoms with E-state index in [9.17, 15) is 0 Å². The van der Waals surface area contributed by atoms with Gasteiger partial charge in [-0.2, -0.15) is 0 Å². The van der Waals surface area contributed by atoms with E-state index in [4.69, 9.17) is 9.52 Å². The lowest BCUT2D eigenvalue weighted by Gasteiger charge is -2.11. The van der Waals surface area contributed by atoms with E-state index in [1.54, 1.807) is 0 Å². The molecule has 0 amide bonds. The van der Waals surface area contributed by atoms with Crippen LogP contribution in [0.2, 0.25) is 0 Å². The van der Waals surface area contributed by atoms with Gasteiger partial charge in [0.1, 0.15) is 11.5 Å². The van der Waals surface area contributed by atoms with Crippen LogP contribution in [-0.2, 0) is 0 Å². The van der Waals surface area contributed by atoms with Crippen LogP contribution in [0.4, 0.5) is 0 Å². The highest BCUT2D eigenvalue weighted by Crippen LogP contribution is 2.24. The lowest BCUT2D eigenvalue weighted by Crippen LogP contribution is -2.02. The van der Waals surface area contributed by atoms with Crippen LogP contribution in [0.15, 0.2) is 16.5 Å². The Labute approximate surface area is 85.9 Å². The van der Waals surface area contributed by atoms with E-state index in [0.29, 0.717) is 11.8 Å². The van der Waals surface area contributed by atoms with Crippen molar-refractivity contribution in [2.24, 2.45) is 5.92 Å². The minimum atomic E-state index is 0.282. The van der Waals surface area contributed by atoms with Gasteiger partial charge in [-0.25, -0.2) is 0 Å². The molecular formula is C12H20O2. The maximum Gasteiger partial charge on any atom is 0.106 e. The van der Waals surface area contributed by atoms with Gasteiger partial charge in [-0.1, -0.05) is 13.8 Å². The second-order valence-electron chi connectivity index (χ2n) is 4.21. The number of aryl methyl sites for hydroxylation is 1. The first kappa shape index (κ1) is 11.3.